The standard InChI is InChI=1S/C22H30N5O3P/c1-5-30-31(28,14-15(2)3)19-12-20(27-10-11-29-13-16(27)4)25-21-17(19)6-8-23-22(21)18-7-9-24-26-18/h6-9,12,15-16H,5,10-11,13-14H2,1-4H3,(H,24,26). The average molecular weight is 443 g/mol. The maximum Gasteiger partial charge on any atom is 0.233 e. The first-order valence-electron chi connectivity index (χ1n) is 10.8. The van der Waals surface area contributed by atoms with Crippen LogP contribution in [0.2, 0.25) is 0 Å². The lowest BCUT2D eigenvalue weighted by Gasteiger charge is -2.35. The Kier molecular flexibility index (Phi) is 6.42. The highest BCUT2D eigenvalue weighted by Crippen LogP contribution is 2.49. The van der Waals surface area contributed by atoms with Crippen molar-refractivity contribution in [2.24, 2.45) is 5.92 Å². The quantitative estimate of drug-likeness (QED) is 0.555. The number of pyridine rings is 2. The number of nitrogens with one attached hydrogen (secondary N) is 1. The molecule has 3 aromatic rings. The minimum Gasteiger partial charge on any atom is -0.377 e. The van der Waals surface area contributed by atoms with Crippen LogP contribution in [-0.4, -0.2) is 58.7 Å². The van der Waals surface area contributed by atoms with Crippen LogP contribution >= 0.6 is 7.37 Å². The van der Waals surface area contributed by atoms with Gasteiger partial charge in [-0.05, 0) is 38.0 Å². The fourth-order valence-electron chi connectivity index (χ4n) is 4.11. The Morgan fingerprint density at radius 1 is 1.35 bits per heavy atom. The number of H-pyrrole nitrogens is 1. The first-order chi connectivity index (χ1) is 14.9. The van der Waals surface area contributed by atoms with Crippen LogP contribution in [0.3, 0.4) is 0 Å². The van der Waals surface area contributed by atoms with E-state index in [1.807, 2.05) is 25.1 Å². The molecule has 0 radical (unpaired) electrons. The molecule has 0 bridgehead atoms. The highest BCUT2D eigenvalue weighted by molar-refractivity contribution is 7.67. The summed E-state index contributed by atoms with van der Waals surface area (Å²) in [5, 5.41) is 8.57. The number of hydrogen-bond acceptors (Lipinski definition) is 7. The smallest absolute Gasteiger partial charge is 0.233 e. The Morgan fingerprint density at radius 2 is 2.19 bits per heavy atom. The summed E-state index contributed by atoms with van der Waals surface area (Å²) in [4.78, 5) is 11.8. The second-order valence-electron chi connectivity index (χ2n) is 8.31. The molecular weight excluding hydrogens is 413 g/mol. The van der Waals surface area contributed by atoms with E-state index in [0.29, 0.717) is 42.5 Å². The van der Waals surface area contributed by atoms with Gasteiger partial charge in [-0.25, -0.2) is 4.98 Å². The maximum absolute atomic E-state index is 14.2. The van der Waals surface area contributed by atoms with Crippen LogP contribution in [0.25, 0.3) is 22.3 Å². The van der Waals surface area contributed by atoms with Gasteiger partial charge in [0.1, 0.15) is 17.0 Å². The van der Waals surface area contributed by atoms with Crippen LogP contribution in [0.15, 0.2) is 30.6 Å². The van der Waals surface area contributed by atoms with Gasteiger partial charge in [-0.1, -0.05) is 13.8 Å². The second-order valence-corrected chi connectivity index (χ2v) is 10.8. The number of ether oxygens (including phenoxy) is 1. The summed E-state index contributed by atoms with van der Waals surface area (Å²) in [6.07, 6.45) is 3.89. The Morgan fingerprint density at radius 3 is 2.87 bits per heavy atom. The Labute approximate surface area is 182 Å². The zero-order chi connectivity index (χ0) is 22.0. The van der Waals surface area contributed by atoms with E-state index in [4.69, 9.17) is 14.2 Å². The molecule has 0 aromatic carbocycles. The minimum absolute atomic E-state index is 0.162. The maximum atomic E-state index is 14.2. The van der Waals surface area contributed by atoms with Crippen molar-refractivity contribution in [1.29, 1.82) is 0 Å². The zero-order valence-electron chi connectivity index (χ0n) is 18.5. The highest BCUT2D eigenvalue weighted by atomic mass is 31.2. The third-order valence-corrected chi connectivity index (χ3v) is 8.41. The average Bonchev–Trinajstić information content (AvgIpc) is 3.27. The van der Waals surface area contributed by atoms with Crippen LogP contribution in [-0.2, 0) is 13.8 Å². The van der Waals surface area contributed by atoms with Gasteiger partial charge < -0.3 is 14.2 Å². The van der Waals surface area contributed by atoms with E-state index in [9.17, 15) is 4.57 Å². The molecule has 1 saturated heterocycles. The van der Waals surface area contributed by atoms with Crippen LogP contribution in [0.5, 0.6) is 0 Å². The molecule has 0 spiro atoms. The number of nitrogens with zero attached hydrogens (tertiary/aromatic N) is 4. The summed E-state index contributed by atoms with van der Waals surface area (Å²) >= 11 is 0. The lowest BCUT2D eigenvalue weighted by molar-refractivity contribution is 0.0986. The van der Waals surface area contributed by atoms with E-state index in [2.05, 4.69) is 40.9 Å². The number of aromatic amines is 1. The van der Waals surface area contributed by atoms with E-state index >= 15 is 0 Å². The molecule has 3 aromatic heterocycles. The number of aromatic nitrogens is 4. The molecule has 1 aliphatic heterocycles. The monoisotopic (exact) mass is 443 g/mol. The first-order valence-corrected chi connectivity index (χ1v) is 12.6. The number of fused-ring (bicyclic) bond motifs is 1. The normalized spacial score (nSPS) is 19.1. The third-order valence-electron chi connectivity index (χ3n) is 5.42. The molecule has 1 N–H and O–H groups in total. The molecule has 2 atom stereocenters. The molecule has 2 unspecified atom stereocenters. The Bertz CT molecular complexity index is 1090. The number of rotatable bonds is 7. The lowest BCUT2D eigenvalue weighted by atomic mass is 10.1. The molecule has 0 aliphatic carbocycles. The summed E-state index contributed by atoms with van der Waals surface area (Å²) in [7, 11) is -3.12. The molecule has 8 nitrogen and oxygen atoms in total. The van der Waals surface area contributed by atoms with Crippen molar-refractivity contribution < 1.29 is 13.8 Å². The number of hydrogen-bond donors (Lipinski definition) is 1. The number of morpholine rings is 1. The number of anilines is 1. The van der Waals surface area contributed by atoms with Gasteiger partial charge in [-0.2, -0.15) is 5.10 Å². The van der Waals surface area contributed by atoms with E-state index in [1.165, 1.54) is 0 Å². The third kappa shape index (κ3) is 4.38. The van der Waals surface area contributed by atoms with Crippen molar-refractivity contribution in [3.63, 3.8) is 0 Å². The van der Waals surface area contributed by atoms with Gasteiger partial charge >= 0.3 is 0 Å². The topological polar surface area (TPSA) is 93.2 Å². The molecule has 4 rings (SSSR count). The van der Waals surface area contributed by atoms with Crippen molar-refractivity contribution in [1.82, 2.24) is 20.2 Å². The predicted molar refractivity (Wildman–Crippen MR) is 123 cm³/mol. The molecular formula is C22H30N5O3P. The van der Waals surface area contributed by atoms with E-state index in [0.717, 1.165) is 23.4 Å². The highest BCUT2D eigenvalue weighted by Gasteiger charge is 2.32. The van der Waals surface area contributed by atoms with E-state index in [1.54, 1.807) is 12.4 Å². The van der Waals surface area contributed by atoms with Crippen molar-refractivity contribution in [2.75, 3.05) is 37.4 Å². The van der Waals surface area contributed by atoms with Crippen molar-refractivity contribution in [3.8, 4) is 11.4 Å². The van der Waals surface area contributed by atoms with Crippen LogP contribution in [0.1, 0.15) is 27.7 Å². The van der Waals surface area contributed by atoms with Gasteiger partial charge in [0.25, 0.3) is 0 Å². The fraction of sp³-hybridized carbons (Fsp3) is 0.500. The Balaban J connectivity index is 1.99. The van der Waals surface area contributed by atoms with Gasteiger partial charge in [0.05, 0.1) is 36.9 Å². The van der Waals surface area contributed by atoms with Gasteiger partial charge in [0.15, 0.2) is 0 Å². The van der Waals surface area contributed by atoms with Crippen molar-refractivity contribution in [2.45, 2.75) is 33.7 Å². The summed E-state index contributed by atoms with van der Waals surface area (Å²) < 4.78 is 25.8. The van der Waals surface area contributed by atoms with Crippen LogP contribution in [0.4, 0.5) is 5.82 Å². The summed E-state index contributed by atoms with van der Waals surface area (Å²) in [6, 6.07) is 5.87. The summed E-state index contributed by atoms with van der Waals surface area (Å²) in [6.45, 7) is 10.5. The molecule has 1 fully saturated rings. The minimum atomic E-state index is -3.12. The van der Waals surface area contributed by atoms with Crippen molar-refractivity contribution >= 4 is 29.4 Å². The summed E-state index contributed by atoms with van der Waals surface area (Å²) in [5.74, 6) is 0.996. The van der Waals surface area contributed by atoms with Gasteiger partial charge in [0.2, 0.25) is 7.37 Å². The largest absolute Gasteiger partial charge is 0.377 e. The first kappa shape index (κ1) is 21.9. The van der Waals surface area contributed by atoms with Gasteiger partial charge in [-0.15, -0.1) is 0 Å². The zero-order valence-corrected chi connectivity index (χ0v) is 19.4. The van der Waals surface area contributed by atoms with Crippen molar-refractivity contribution in [3.05, 3.63) is 30.6 Å². The van der Waals surface area contributed by atoms with E-state index in [-0.39, 0.29) is 12.0 Å². The molecule has 1 aliphatic rings. The summed E-state index contributed by atoms with van der Waals surface area (Å²) in [5.41, 5.74) is 2.15. The predicted octanol–water partition coefficient (Wildman–Crippen LogP) is 3.84. The Hall–Kier alpha value is -2.28. The van der Waals surface area contributed by atoms with E-state index < -0.39 is 7.37 Å². The second kappa shape index (κ2) is 9.07. The SMILES string of the molecule is CCOP(=O)(CC(C)C)c1cc(N2CCOCC2C)nc2c(-c3ccn[nH]3)nccc12. The molecule has 9 heteroatoms. The van der Waals surface area contributed by atoms with Crippen LogP contribution in [0, 0.1) is 5.92 Å². The molecule has 0 amide bonds. The van der Waals surface area contributed by atoms with Gasteiger partial charge in [-0.3, -0.25) is 14.6 Å². The fourth-order valence-corrected chi connectivity index (χ4v) is 6.79. The molecule has 31 heavy (non-hydrogen) atoms. The van der Waals surface area contributed by atoms with Gasteiger partial charge in [0, 0.05) is 30.5 Å². The molecule has 4 heterocycles. The molecule has 166 valence electrons. The van der Waals surface area contributed by atoms with Crippen LogP contribution < -0.4 is 10.2 Å². The lowest BCUT2D eigenvalue weighted by Crippen LogP contribution is -2.44. The molecule has 0 saturated carbocycles.